The van der Waals surface area contributed by atoms with Gasteiger partial charge in [-0.15, -0.1) is 0 Å². The number of ether oxygens (including phenoxy) is 1. The number of hydrogen-bond acceptors (Lipinski definition) is 3. The van der Waals surface area contributed by atoms with Crippen LogP contribution in [0, 0.1) is 13.8 Å². The molecule has 1 aromatic carbocycles. The maximum atomic E-state index is 6.17. The second-order valence-corrected chi connectivity index (χ2v) is 6.05. The van der Waals surface area contributed by atoms with Crippen LogP contribution in [0.25, 0.3) is 0 Å². The molecule has 1 aromatic heterocycles. The first-order chi connectivity index (χ1) is 10.1. The zero-order valence-corrected chi connectivity index (χ0v) is 13.1. The Hall–Kier alpha value is -1.58. The molecule has 0 aliphatic heterocycles. The molecule has 110 valence electrons. The van der Waals surface area contributed by atoms with E-state index in [0.29, 0.717) is 22.7 Å². The summed E-state index contributed by atoms with van der Waals surface area (Å²) in [5.74, 6) is 1.24. The largest absolute Gasteiger partial charge is 0.437 e. The lowest BCUT2D eigenvalue weighted by atomic mass is 10.2. The molecule has 0 saturated heterocycles. The fourth-order valence-electron chi connectivity index (χ4n) is 2.21. The highest BCUT2D eigenvalue weighted by molar-refractivity contribution is 6.32. The van der Waals surface area contributed by atoms with E-state index in [0.717, 1.165) is 17.8 Å². The number of aryl methyl sites for hydroxylation is 2. The summed E-state index contributed by atoms with van der Waals surface area (Å²) < 4.78 is 5.86. The highest BCUT2D eigenvalue weighted by Gasteiger charge is 2.20. The average molecular weight is 303 g/mol. The first-order valence-electron chi connectivity index (χ1n) is 7.25. The summed E-state index contributed by atoms with van der Waals surface area (Å²) in [6, 6.07) is 10.5. The van der Waals surface area contributed by atoms with Crippen LogP contribution >= 0.6 is 11.6 Å². The van der Waals surface area contributed by atoms with Crippen molar-refractivity contribution in [3.05, 3.63) is 52.2 Å². The monoisotopic (exact) mass is 302 g/mol. The fourth-order valence-corrected chi connectivity index (χ4v) is 2.37. The molecule has 0 atom stereocenters. The lowest BCUT2D eigenvalue weighted by Gasteiger charge is -2.10. The molecule has 3 rings (SSSR count). The standard InChI is InChI=1S/C17H19ClN2O/c1-11-3-6-15(18)16(7-11)21-17-9-13(8-12(2)20-17)10-19-14-4-5-14/h3,6-9,14,19H,4-5,10H2,1-2H3. The van der Waals surface area contributed by atoms with Crippen LogP contribution in [-0.4, -0.2) is 11.0 Å². The van der Waals surface area contributed by atoms with Crippen LogP contribution in [0.5, 0.6) is 11.6 Å². The van der Waals surface area contributed by atoms with Gasteiger partial charge >= 0.3 is 0 Å². The average Bonchev–Trinajstić information content (AvgIpc) is 3.24. The van der Waals surface area contributed by atoms with Crippen molar-refractivity contribution >= 4 is 11.6 Å². The molecule has 2 aromatic rings. The van der Waals surface area contributed by atoms with Gasteiger partial charge in [0.05, 0.1) is 5.02 Å². The van der Waals surface area contributed by atoms with Crippen molar-refractivity contribution in [2.75, 3.05) is 0 Å². The molecular weight excluding hydrogens is 284 g/mol. The predicted molar refractivity (Wildman–Crippen MR) is 85.1 cm³/mol. The van der Waals surface area contributed by atoms with E-state index in [4.69, 9.17) is 16.3 Å². The topological polar surface area (TPSA) is 34.1 Å². The van der Waals surface area contributed by atoms with Crippen LogP contribution in [-0.2, 0) is 6.54 Å². The molecule has 1 aliphatic carbocycles. The normalized spacial score (nSPS) is 14.2. The quantitative estimate of drug-likeness (QED) is 0.889. The summed E-state index contributed by atoms with van der Waals surface area (Å²) in [6.07, 6.45) is 2.57. The van der Waals surface area contributed by atoms with Gasteiger partial charge in [0.25, 0.3) is 0 Å². The molecule has 1 aliphatic rings. The maximum absolute atomic E-state index is 6.17. The van der Waals surface area contributed by atoms with E-state index in [2.05, 4.69) is 16.4 Å². The molecule has 1 heterocycles. The zero-order chi connectivity index (χ0) is 14.8. The molecule has 1 fully saturated rings. The van der Waals surface area contributed by atoms with Gasteiger partial charge in [-0.3, -0.25) is 0 Å². The third-order valence-electron chi connectivity index (χ3n) is 3.46. The minimum absolute atomic E-state index is 0.593. The third-order valence-corrected chi connectivity index (χ3v) is 3.78. The molecule has 0 bridgehead atoms. The van der Waals surface area contributed by atoms with Crippen molar-refractivity contribution < 1.29 is 4.74 Å². The minimum atomic E-state index is 0.593. The van der Waals surface area contributed by atoms with Gasteiger partial charge < -0.3 is 10.1 Å². The van der Waals surface area contributed by atoms with E-state index < -0.39 is 0 Å². The third kappa shape index (κ3) is 3.96. The Labute approximate surface area is 130 Å². The highest BCUT2D eigenvalue weighted by atomic mass is 35.5. The number of hydrogen-bond donors (Lipinski definition) is 1. The van der Waals surface area contributed by atoms with Crippen molar-refractivity contribution in [3.63, 3.8) is 0 Å². The van der Waals surface area contributed by atoms with Gasteiger partial charge in [0.1, 0.15) is 5.75 Å². The van der Waals surface area contributed by atoms with Gasteiger partial charge in [-0.2, -0.15) is 0 Å². The van der Waals surface area contributed by atoms with Crippen molar-refractivity contribution in [1.29, 1.82) is 0 Å². The number of benzene rings is 1. The second-order valence-electron chi connectivity index (χ2n) is 5.65. The van der Waals surface area contributed by atoms with Gasteiger partial charge in [0.15, 0.2) is 0 Å². The van der Waals surface area contributed by atoms with Gasteiger partial charge in [-0.05, 0) is 56.0 Å². The van der Waals surface area contributed by atoms with E-state index in [1.807, 2.05) is 38.1 Å². The smallest absolute Gasteiger partial charge is 0.219 e. The van der Waals surface area contributed by atoms with Crippen LogP contribution in [0.3, 0.4) is 0 Å². The Balaban J connectivity index is 1.78. The Morgan fingerprint density at radius 3 is 2.81 bits per heavy atom. The van der Waals surface area contributed by atoms with E-state index in [9.17, 15) is 0 Å². The molecular formula is C17H19ClN2O. The number of nitrogens with zero attached hydrogens (tertiary/aromatic N) is 1. The first kappa shape index (κ1) is 14.4. The Morgan fingerprint density at radius 1 is 1.24 bits per heavy atom. The summed E-state index contributed by atoms with van der Waals surface area (Å²) in [7, 11) is 0. The van der Waals surface area contributed by atoms with Crippen LogP contribution in [0.1, 0.15) is 29.7 Å². The first-order valence-corrected chi connectivity index (χ1v) is 7.63. The summed E-state index contributed by atoms with van der Waals surface area (Å²) in [5, 5.41) is 4.10. The SMILES string of the molecule is Cc1ccc(Cl)c(Oc2cc(CNC3CC3)cc(C)n2)c1. The van der Waals surface area contributed by atoms with Crippen LogP contribution < -0.4 is 10.1 Å². The van der Waals surface area contributed by atoms with Crippen LogP contribution in [0.15, 0.2) is 30.3 Å². The molecule has 3 nitrogen and oxygen atoms in total. The molecule has 1 N–H and O–H groups in total. The molecule has 0 spiro atoms. The van der Waals surface area contributed by atoms with Gasteiger partial charge in [-0.25, -0.2) is 4.98 Å². The summed E-state index contributed by atoms with van der Waals surface area (Å²) in [6.45, 7) is 4.84. The fraction of sp³-hybridized carbons (Fsp3) is 0.353. The Bertz CT molecular complexity index is 653. The van der Waals surface area contributed by atoms with Gasteiger partial charge in [-0.1, -0.05) is 17.7 Å². The molecule has 0 radical (unpaired) electrons. The molecule has 0 amide bonds. The molecule has 0 unspecified atom stereocenters. The lowest BCUT2D eigenvalue weighted by Crippen LogP contribution is -2.15. The number of rotatable bonds is 5. The summed E-state index contributed by atoms with van der Waals surface area (Å²) in [4.78, 5) is 4.43. The zero-order valence-electron chi connectivity index (χ0n) is 12.3. The van der Waals surface area contributed by atoms with Crippen molar-refractivity contribution in [2.45, 2.75) is 39.3 Å². The molecule has 4 heteroatoms. The van der Waals surface area contributed by atoms with Gasteiger partial charge in [0, 0.05) is 24.3 Å². The van der Waals surface area contributed by atoms with Gasteiger partial charge in [0.2, 0.25) is 5.88 Å². The van der Waals surface area contributed by atoms with E-state index in [1.165, 1.54) is 18.4 Å². The second kappa shape index (κ2) is 6.04. The summed E-state index contributed by atoms with van der Waals surface area (Å²) >= 11 is 6.17. The van der Waals surface area contributed by atoms with Crippen LogP contribution in [0.2, 0.25) is 5.02 Å². The number of halogens is 1. The van der Waals surface area contributed by atoms with E-state index in [1.54, 1.807) is 0 Å². The number of aromatic nitrogens is 1. The maximum Gasteiger partial charge on any atom is 0.219 e. The number of nitrogens with one attached hydrogen (secondary N) is 1. The van der Waals surface area contributed by atoms with Crippen molar-refractivity contribution in [1.82, 2.24) is 10.3 Å². The minimum Gasteiger partial charge on any atom is -0.437 e. The van der Waals surface area contributed by atoms with Crippen LogP contribution in [0.4, 0.5) is 0 Å². The predicted octanol–water partition coefficient (Wildman–Crippen LogP) is 4.40. The van der Waals surface area contributed by atoms with E-state index >= 15 is 0 Å². The van der Waals surface area contributed by atoms with E-state index in [-0.39, 0.29) is 0 Å². The van der Waals surface area contributed by atoms with Crippen molar-refractivity contribution in [2.24, 2.45) is 0 Å². The summed E-state index contributed by atoms with van der Waals surface area (Å²) in [5.41, 5.74) is 3.25. The van der Waals surface area contributed by atoms with Crippen molar-refractivity contribution in [3.8, 4) is 11.6 Å². The molecule has 21 heavy (non-hydrogen) atoms. The molecule has 1 saturated carbocycles. The highest BCUT2D eigenvalue weighted by Crippen LogP contribution is 2.30. The Kier molecular flexibility index (Phi) is 4.13. The number of pyridine rings is 1. The Morgan fingerprint density at radius 2 is 2.05 bits per heavy atom. The lowest BCUT2D eigenvalue weighted by molar-refractivity contribution is 0.460.